The Balaban J connectivity index is 1.58. The van der Waals surface area contributed by atoms with Crippen molar-refractivity contribution >= 4 is 5.96 Å². The van der Waals surface area contributed by atoms with E-state index in [4.69, 9.17) is 4.74 Å². The first-order chi connectivity index (χ1) is 14.0. The van der Waals surface area contributed by atoms with Crippen molar-refractivity contribution in [3.63, 3.8) is 0 Å². The predicted molar refractivity (Wildman–Crippen MR) is 122 cm³/mol. The Kier molecular flexibility index (Phi) is 10.5. The summed E-state index contributed by atoms with van der Waals surface area (Å²) in [5.41, 5.74) is 1.18. The molecule has 6 nitrogen and oxygen atoms in total. The van der Waals surface area contributed by atoms with Gasteiger partial charge in [-0.2, -0.15) is 0 Å². The van der Waals surface area contributed by atoms with Crippen molar-refractivity contribution in [3.05, 3.63) is 35.9 Å². The van der Waals surface area contributed by atoms with Gasteiger partial charge in [-0.05, 0) is 45.7 Å². The van der Waals surface area contributed by atoms with E-state index in [0.29, 0.717) is 6.54 Å². The van der Waals surface area contributed by atoms with Crippen LogP contribution in [-0.2, 0) is 11.3 Å². The van der Waals surface area contributed by atoms with Crippen LogP contribution in [0.3, 0.4) is 0 Å². The predicted octanol–water partition coefficient (Wildman–Crippen LogP) is 2.56. The number of methoxy groups -OCH3 is 1. The molecule has 0 spiro atoms. The molecule has 0 unspecified atom stereocenters. The smallest absolute Gasteiger partial charge is 0.191 e. The molecule has 0 aromatic heterocycles. The van der Waals surface area contributed by atoms with E-state index in [0.717, 1.165) is 32.0 Å². The Morgan fingerprint density at radius 3 is 2.38 bits per heavy atom. The third-order valence-electron chi connectivity index (χ3n) is 5.42. The first-order valence-corrected chi connectivity index (χ1v) is 11.1. The molecule has 29 heavy (non-hydrogen) atoms. The van der Waals surface area contributed by atoms with E-state index < -0.39 is 0 Å². The number of hydrogen-bond acceptors (Lipinski definition) is 4. The molecule has 2 rings (SSSR count). The molecule has 0 aliphatic carbocycles. The fraction of sp³-hybridized carbons (Fsp3) is 0.696. The summed E-state index contributed by atoms with van der Waals surface area (Å²) in [4.78, 5) is 9.80. The van der Waals surface area contributed by atoms with Gasteiger partial charge < -0.3 is 20.3 Å². The zero-order valence-corrected chi connectivity index (χ0v) is 18.9. The molecular weight excluding hydrogens is 362 g/mol. The maximum Gasteiger partial charge on any atom is 0.191 e. The fourth-order valence-electron chi connectivity index (χ4n) is 3.36. The summed E-state index contributed by atoms with van der Waals surface area (Å²) in [6.07, 6.45) is 2.37. The van der Waals surface area contributed by atoms with Crippen LogP contribution >= 0.6 is 0 Å². The van der Waals surface area contributed by atoms with Gasteiger partial charge in [-0.3, -0.25) is 9.89 Å². The molecule has 1 fully saturated rings. The Hall–Kier alpha value is -1.63. The summed E-state index contributed by atoms with van der Waals surface area (Å²) in [5, 5.41) is 6.76. The molecule has 1 heterocycles. The summed E-state index contributed by atoms with van der Waals surface area (Å²) in [6, 6.07) is 10.8. The fourth-order valence-corrected chi connectivity index (χ4v) is 3.36. The minimum Gasteiger partial charge on any atom is -0.377 e. The number of hydrogen-bond donors (Lipinski definition) is 2. The third-order valence-corrected chi connectivity index (χ3v) is 5.42. The summed E-state index contributed by atoms with van der Waals surface area (Å²) >= 11 is 0. The average molecular weight is 404 g/mol. The van der Waals surface area contributed by atoms with Gasteiger partial charge in [-0.15, -0.1) is 0 Å². The van der Waals surface area contributed by atoms with Crippen molar-refractivity contribution in [1.29, 1.82) is 0 Å². The van der Waals surface area contributed by atoms with Crippen LogP contribution in [0.15, 0.2) is 35.3 Å². The SMILES string of the molecule is CCNC(=NCC(C)(C)OC)NCCCCN1CCN(Cc2ccccc2)CC1. The van der Waals surface area contributed by atoms with Crippen molar-refractivity contribution in [2.24, 2.45) is 4.99 Å². The second kappa shape index (κ2) is 12.8. The van der Waals surface area contributed by atoms with Crippen LogP contribution in [0, 0.1) is 0 Å². The highest BCUT2D eigenvalue weighted by molar-refractivity contribution is 5.79. The maximum atomic E-state index is 5.45. The van der Waals surface area contributed by atoms with Crippen LogP contribution in [-0.4, -0.2) is 80.8 Å². The molecule has 1 aliphatic heterocycles. The van der Waals surface area contributed by atoms with Crippen molar-refractivity contribution in [1.82, 2.24) is 20.4 Å². The van der Waals surface area contributed by atoms with Gasteiger partial charge in [0.05, 0.1) is 12.1 Å². The number of rotatable bonds is 11. The van der Waals surface area contributed by atoms with Gasteiger partial charge >= 0.3 is 0 Å². The number of benzene rings is 1. The maximum absolute atomic E-state index is 5.45. The Bertz CT molecular complexity index is 582. The topological polar surface area (TPSA) is 52.1 Å². The number of nitrogens with one attached hydrogen (secondary N) is 2. The van der Waals surface area contributed by atoms with Gasteiger partial charge in [0.1, 0.15) is 0 Å². The minimum absolute atomic E-state index is 0.231. The van der Waals surface area contributed by atoms with Gasteiger partial charge in [0.15, 0.2) is 5.96 Å². The Morgan fingerprint density at radius 1 is 1.03 bits per heavy atom. The lowest BCUT2D eigenvalue weighted by Crippen LogP contribution is -2.46. The molecule has 1 aromatic rings. The van der Waals surface area contributed by atoms with Gasteiger partial charge in [-0.1, -0.05) is 30.3 Å². The highest BCUT2D eigenvalue weighted by Crippen LogP contribution is 2.09. The lowest BCUT2D eigenvalue weighted by molar-refractivity contribution is 0.0310. The van der Waals surface area contributed by atoms with Crippen LogP contribution < -0.4 is 10.6 Å². The molecule has 1 aromatic carbocycles. The molecule has 0 saturated carbocycles. The second-order valence-electron chi connectivity index (χ2n) is 8.40. The summed E-state index contributed by atoms with van der Waals surface area (Å²) < 4.78 is 5.45. The monoisotopic (exact) mass is 403 g/mol. The first-order valence-electron chi connectivity index (χ1n) is 11.1. The number of guanidine groups is 1. The summed E-state index contributed by atoms with van der Waals surface area (Å²) in [5.74, 6) is 0.882. The molecule has 0 amide bonds. The highest BCUT2D eigenvalue weighted by atomic mass is 16.5. The summed E-state index contributed by atoms with van der Waals surface area (Å²) in [6.45, 7) is 15.6. The number of piperazine rings is 1. The molecule has 164 valence electrons. The van der Waals surface area contributed by atoms with Crippen LogP contribution in [0.4, 0.5) is 0 Å². The molecule has 6 heteroatoms. The van der Waals surface area contributed by atoms with Gasteiger partial charge in [0.25, 0.3) is 0 Å². The molecule has 0 atom stereocenters. The first kappa shape index (κ1) is 23.6. The van der Waals surface area contributed by atoms with Gasteiger partial charge in [0.2, 0.25) is 0 Å². The molecular formula is C23H41N5O. The van der Waals surface area contributed by atoms with E-state index in [1.807, 2.05) is 0 Å². The van der Waals surface area contributed by atoms with Crippen LogP contribution in [0.2, 0.25) is 0 Å². The van der Waals surface area contributed by atoms with Gasteiger partial charge in [-0.25, -0.2) is 0 Å². The van der Waals surface area contributed by atoms with E-state index >= 15 is 0 Å². The lowest BCUT2D eigenvalue weighted by Gasteiger charge is -2.34. The molecule has 0 bridgehead atoms. The van der Waals surface area contributed by atoms with E-state index in [2.05, 4.69) is 76.5 Å². The Morgan fingerprint density at radius 2 is 1.72 bits per heavy atom. The van der Waals surface area contributed by atoms with Crippen molar-refractivity contribution < 1.29 is 4.74 Å². The van der Waals surface area contributed by atoms with E-state index in [1.165, 1.54) is 44.7 Å². The third kappa shape index (κ3) is 9.61. The van der Waals surface area contributed by atoms with Crippen LogP contribution in [0.25, 0.3) is 0 Å². The van der Waals surface area contributed by atoms with E-state index in [1.54, 1.807) is 7.11 Å². The molecule has 1 aliphatic rings. The number of unbranched alkanes of at least 4 members (excludes halogenated alkanes) is 1. The van der Waals surface area contributed by atoms with E-state index in [-0.39, 0.29) is 5.60 Å². The summed E-state index contributed by atoms with van der Waals surface area (Å²) in [7, 11) is 1.73. The van der Waals surface area contributed by atoms with Crippen molar-refractivity contribution in [2.75, 3.05) is 59.5 Å². The quantitative estimate of drug-likeness (QED) is 0.338. The zero-order valence-electron chi connectivity index (χ0n) is 18.9. The minimum atomic E-state index is -0.231. The molecule has 0 radical (unpaired) electrons. The van der Waals surface area contributed by atoms with Gasteiger partial charge in [0, 0.05) is 52.9 Å². The normalized spacial score (nSPS) is 16.8. The number of nitrogens with zero attached hydrogens (tertiary/aromatic N) is 3. The van der Waals surface area contributed by atoms with E-state index in [9.17, 15) is 0 Å². The standard InChI is InChI=1S/C23H41N5O/c1-5-24-22(26-20-23(2,3)29-4)25-13-9-10-14-27-15-17-28(18-16-27)19-21-11-7-6-8-12-21/h6-8,11-12H,5,9-10,13-20H2,1-4H3,(H2,24,25,26). The zero-order chi connectivity index (χ0) is 21.0. The van der Waals surface area contributed by atoms with Crippen molar-refractivity contribution in [2.45, 2.75) is 45.8 Å². The largest absolute Gasteiger partial charge is 0.377 e. The number of aliphatic imine (C=N–C) groups is 1. The second-order valence-corrected chi connectivity index (χ2v) is 8.40. The van der Waals surface area contributed by atoms with Crippen LogP contribution in [0.5, 0.6) is 0 Å². The molecule has 1 saturated heterocycles. The Labute approximate surface area is 177 Å². The molecule has 2 N–H and O–H groups in total. The van der Waals surface area contributed by atoms with Crippen LogP contribution in [0.1, 0.15) is 39.2 Å². The van der Waals surface area contributed by atoms with Crippen molar-refractivity contribution in [3.8, 4) is 0 Å². The number of ether oxygens (including phenoxy) is 1. The lowest BCUT2D eigenvalue weighted by atomic mass is 10.1. The highest BCUT2D eigenvalue weighted by Gasteiger charge is 2.17. The average Bonchev–Trinajstić information content (AvgIpc) is 2.73.